The molecule has 0 radical (unpaired) electrons. The molecule has 2 N–H and O–H groups in total. The van der Waals surface area contributed by atoms with Gasteiger partial charge in [0.25, 0.3) is 0 Å². The van der Waals surface area contributed by atoms with E-state index in [0.717, 1.165) is 12.8 Å². The molecule has 1 saturated heterocycles. The zero-order chi connectivity index (χ0) is 20.8. The van der Waals surface area contributed by atoms with Crippen LogP contribution in [-0.4, -0.2) is 42.8 Å². The van der Waals surface area contributed by atoms with Gasteiger partial charge in [0.2, 0.25) is 15.9 Å². The highest BCUT2D eigenvalue weighted by Gasteiger charge is 2.51. The lowest BCUT2D eigenvalue weighted by molar-refractivity contribution is -0.146. The van der Waals surface area contributed by atoms with Crippen molar-refractivity contribution in [3.8, 4) is 0 Å². The van der Waals surface area contributed by atoms with Gasteiger partial charge in [0.15, 0.2) is 0 Å². The number of nitrogens with zero attached hydrogens (tertiary/aromatic N) is 1. The number of hydrogen-bond donors (Lipinski definition) is 2. The number of sulfonamides is 1. The first-order valence-corrected chi connectivity index (χ1v) is 11.5. The molecule has 8 heteroatoms. The average molecular weight is 419 g/mol. The molecule has 2 aliphatic carbocycles. The molecule has 0 aromatic heterocycles. The molecule has 2 fully saturated rings. The Hall–Kier alpha value is -2.19. The summed E-state index contributed by atoms with van der Waals surface area (Å²) >= 11 is 0. The van der Waals surface area contributed by atoms with Gasteiger partial charge in [-0.15, -0.1) is 0 Å². The summed E-state index contributed by atoms with van der Waals surface area (Å²) in [7, 11) is -3.54. The SMILES string of the molecule is CC1CCN(S(=O)(=O)c2ccc(NC(=O)[C@H]3[C@H](C(=O)O)[C@H]4C=C[C@H]3C4)cc2)CC1. The monoisotopic (exact) mass is 418 g/mol. The summed E-state index contributed by atoms with van der Waals surface area (Å²) in [5.74, 6) is -2.17. The van der Waals surface area contributed by atoms with E-state index < -0.39 is 27.8 Å². The van der Waals surface area contributed by atoms with Crippen LogP contribution >= 0.6 is 0 Å². The molecule has 1 aromatic rings. The van der Waals surface area contributed by atoms with Crippen LogP contribution in [0.2, 0.25) is 0 Å². The smallest absolute Gasteiger partial charge is 0.307 e. The lowest BCUT2D eigenvalue weighted by Crippen LogP contribution is -2.37. The highest BCUT2D eigenvalue weighted by Crippen LogP contribution is 2.48. The number of nitrogens with one attached hydrogen (secondary N) is 1. The summed E-state index contributed by atoms with van der Waals surface area (Å²) in [6.07, 6.45) is 6.24. The summed E-state index contributed by atoms with van der Waals surface area (Å²) in [6.45, 7) is 3.18. The van der Waals surface area contributed by atoms with Crippen LogP contribution in [-0.2, 0) is 19.6 Å². The Kier molecular flexibility index (Phi) is 5.25. The zero-order valence-corrected chi connectivity index (χ0v) is 17.1. The average Bonchev–Trinajstić information content (AvgIpc) is 3.30. The minimum Gasteiger partial charge on any atom is -0.481 e. The van der Waals surface area contributed by atoms with Crippen LogP contribution in [0.5, 0.6) is 0 Å². The Labute approximate surface area is 170 Å². The van der Waals surface area contributed by atoms with E-state index >= 15 is 0 Å². The van der Waals surface area contributed by atoms with E-state index in [1.54, 1.807) is 12.1 Å². The number of benzene rings is 1. The number of carboxylic acid groups (broad SMARTS) is 1. The third-order valence-corrected chi connectivity index (χ3v) is 8.46. The summed E-state index contributed by atoms with van der Waals surface area (Å²) in [6, 6.07) is 6.13. The van der Waals surface area contributed by atoms with E-state index in [1.807, 2.05) is 12.2 Å². The predicted molar refractivity (Wildman–Crippen MR) is 108 cm³/mol. The summed E-state index contributed by atoms with van der Waals surface area (Å²) in [4.78, 5) is 24.5. The standard InChI is InChI=1S/C21H26N2O5S/c1-13-8-10-23(11-9-13)29(27,28)17-6-4-16(5-7-17)22-20(24)18-14-2-3-15(12-14)19(18)21(25)26/h2-7,13-15,18-19H,8-12H2,1H3,(H,22,24)(H,25,26)/t14-,15-,18+,19+/m0/s1. The Morgan fingerprint density at radius 2 is 1.62 bits per heavy atom. The normalized spacial score (nSPS) is 29.8. The molecule has 2 bridgehead atoms. The second kappa shape index (κ2) is 7.57. The van der Waals surface area contributed by atoms with Gasteiger partial charge >= 0.3 is 5.97 Å². The highest BCUT2D eigenvalue weighted by molar-refractivity contribution is 7.89. The van der Waals surface area contributed by atoms with Crippen molar-refractivity contribution in [3.05, 3.63) is 36.4 Å². The van der Waals surface area contributed by atoms with Gasteiger partial charge < -0.3 is 10.4 Å². The van der Waals surface area contributed by atoms with Crippen molar-refractivity contribution in [3.63, 3.8) is 0 Å². The van der Waals surface area contributed by atoms with Gasteiger partial charge in [-0.3, -0.25) is 9.59 Å². The number of aliphatic carboxylic acids is 1. The van der Waals surface area contributed by atoms with Crippen LogP contribution in [0.25, 0.3) is 0 Å². The van der Waals surface area contributed by atoms with Gasteiger partial charge in [-0.25, -0.2) is 8.42 Å². The van der Waals surface area contributed by atoms with Gasteiger partial charge in [-0.2, -0.15) is 4.31 Å². The molecule has 0 unspecified atom stereocenters. The fraction of sp³-hybridized carbons (Fsp3) is 0.524. The van der Waals surface area contributed by atoms with Crippen molar-refractivity contribution in [2.45, 2.75) is 31.1 Å². The second-order valence-corrected chi connectivity index (χ2v) is 10.4. The number of allylic oxidation sites excluding steroid dienone is 2. The maximum atomic E-state index is 12.8. The van der Waals surface area contributed by atoms with E-state index in [9.17, 15) is 23.1 Å². The summed E-state index contributed by atoms with van der Waals surface area (Å²) in [5, 5.41) is 12.3. The third-order valence-electron chi connectivity index (χ3n) is 6.55. The largest absolute Gasteiger partial charge is 0.481 e. The molecule has 1 aliphatic heterocycles. The van der Waals surface area contributed by atoms with Gasteiger partial charge in [0.05, 0.1) is 16.7 Å². The second-order valence-electron chi connectivity index (χ2n) is 8.44. The van der Waals surface area contributed by atoms with Crippen molar-refractivity contribution >= 4 is 27.6 Å². The van der Waals surface area contributed by atoms with E-state index in [-0.39, 0.29) is 22.6 Å². The number of piperidine rings is 1. The highest BCUT2D eigenvalue weighted by atomic mass is 32.2. The zero-order valence-electron chi connectivity index (χ0n) is 16.3. The van der Waals surface area contributed by atoms with Crippen molar-refractivity contribution in [1.29, 1.82) is 0 Å². The number of fused-ring (bicyclic) bond motifs is 2. The van der Waals surface area contributed by atoms with E-state index in [4.69, 9.17) is 0 Å². The fourth-order valence-corrected chi connectivity index (χ4v) is 6.30. The topological polar surface area (TPSA) is 104 Å². The molecule has 3 aliphatic rings. The molecule has 29 heavy (non-hydrogen) atoms. The molecular formula is C21H26N2O5S. The lowest BCUT2D eigenvalue weighted by atomic mass is 9.82. The van der Waals surface area contributed by atoms with Crippen LogP contribution in [0.15, 0.2) is 41.3 Å². The minimum absolute atomic E-state index is 0.0535. The van der Waals surface area contributed by atoms with Crippen LogP contribution < -0.4 is 5.32 Å². The molecule has 1 saturated carbocycles. The predicted octanol–water partition coefficient (Wildman–Crippen LogP) is 2.57. The third kappa shape index (κ3) is 3.71. The Balaban J connectivity index is 1.45. The quantitative estimate of drug-likeness (QED) is 0.716. The van der Waals surface area contributed by atoms with Gasteiger partial charge in [0.1, 0.15) is 0 Å². The van der Waals surface area contributed by atoms with Gasteiger partial charge in [0, 0.05) is 18.8 Å². The van der Waals surface area contributed by atoms with Crippen molar-refractivity contribution in [2.75, 3.05) is 18.4 Å². The minimum atomic E-state index is -3.54. The lowest BCUT2D eigenvalue weighted by Gasteiger charge is -2.29. The molecule has 7 nitrogen and oxygen atoms in total. The molecule has 1 amide bonds. The van der Waals surface area contributed by atoms with Crippen molar-refractivity contribution in [1.82, 2.24) is 4.31 Å². The van der Waals surface area contributed by atoms with Crippen molar-refractivity contribution in [2.24, 2.45) is 29.6 Å². The maximum Gasteiger partial charge on any atom is 0.307 e. The summed E-state index contributed by atoms with van der Waals surface area (Å²) < 4.78 is 27.1. The molecule has 4 rings (SSSR count). The number of carbonyl (C=O) groups excluding carboxylic acids is 1. The first-order chi connectivity index (χ1) is 13.8. The number of amides is 1. The Bertz CT molecular complexity index is 932. The molecule has 1 heterocycles. The number of rotatable bonds is 5. The van der Waals surface area contributed by atoms with Gasteiger partial charge in [-0.1, -0.05) is 19.1 Å². The van der Waals surface area contributed by atoms with Crippen molar-refractivity contribution < 1.29 is 23.1 Å². The number of carboxylic acids is 1. The number of anilines is 1. The first-order valence-electron chi connectivity index (χ1n) is 10.1. The molecule has 4 atom stereocenters. The Morgan fingerprint density at radius 3 is 2.21 bits per heavy atom. The Morgan fingerprint density at radius 1 is 1.03 bits per heavy atom. The number of hydrogen-bond acceptors (Lipinski definition) is 4. The van der Waals surface area contributed by atoms with Crippen LogP contribution in [0.4, 0.5) is 5.69 Å². The fourth-order valence-electron chi connectivity index (χ4n) is 4.83. The van der Waals surface area contributed by atoms with E-state index in [1.165, 1.54) is 16.4 Å². The van der Waals surface area contributed by atoms with Crippen LogP contribution in [0, 0.1) is 29.6 Å². The first kappa shape index (κ1) is 20.1. The van der Waals surface area contributed by atoms with E-state index in [2.05, 4.69) is 12.2 Å². The van der Waals surface area contributed by atoms with Crippen LogP contribution in [0.3, 0.4) is 0 Å². The van der Waals surface area contributed by atoms with E-state index in [0.29, 0.717) is 31.1 Å². The molecule has 1 aromatic carbocycles. The van der Waals surface area contributed by atoms with Crippen LogP contribution in [0.1, 0.15) is 26.2 Å². The molecular weight excluding hydrogens is 392 g/mol. The molecule has 156 valence electrons. The maximum absolute atomic E-state index is 12.8. The van der Waals surface area contributed by atoms with Gasteiger partial charge in [-0.05, 0) is 61.3 Å². The number of carbonyl (C=O) groups is 2. The molecule has 0 spiro atoms. The summed E-state index contributed by atoms with van der Waals surface area (Å²) in [5.41, 5.74) is 0.470.